The van der Waals surface area contributed by atoms with Crippen molar-refractivity contribution in [1.29, 1.82) is 0 Å². The molecule has 5 heteroatoms. The van der Waals surface area contributed by atoms with Gasteiger partial charge in [-0.25, -0.2) is 0 Å². The van der Waals surface area contributed by atoms with Gasteiger partial charge in [-0.3, -0.25) is 9.69 Å². The Morgan fingerprint density at radius 2 is 2.14 bits per heavy atom. The first-order chi connectivity index (χ1) is 10.2. The first-order valence-corrected chi connectivity index (χ1v) is 8.25. The van der Waals surface area contributed by atoms with Gasteiger partial charge in [0.15, 0.2) is 0 Å². The van der Waals surface area contributed by atoms with E-state index >= 15 is 0 Å². The van der Waals surface area contributed by atoms with Crippen LogP contribution in [-0.2, 0) is 9.53 Å². The molecule has 0 amide bonds. The van der Waals surface area contributed by atoms with Gasteiger partial charge in [0.05, 0.1) is 12.5 Å². The molecular formula is C16H22BrNO3. The minimum absolute atomic E-state index is 0.0198. The maximum atomic E-state index is 11.8. The first kappa shape index (κ1) is 16.3. The Hall–Kier alpha value is -1.07. The summed E-state index contributed by atoms with van der Waals surface area (Å²) in [6.45, 7) is 5.60. The summed E-state index contributed by atoms with van der Waals surface area (Å²) in [6.07, 6.45) is 1.98. The minimum Gasteiger partial charge on any atom is -0.492 e. The van der Waals surface area contributed by atoms with Crippen LogP contribution in [0.3, 0.4) is 0 Å². The molecule has 1 aromatic carbocycles. The largest absolute Gasteiger partial charge is 0.492 e. The van der Waals surface area contributed by atoms with E-state index in [9.17, 15) is 4.79 Å². The molecule has 0 aromatic heterocycles. The normalized spacial score (nSPS) is 19.2. The molecule has 1 aliphatic rings. The molecule has 0 radical (unpaired) electrons. The Balaban J connectivity index is 1.72. The van der Waals surface area contributed by atoms with Gasteiger partial charge in [-0.1, -0.05) is 15.9 Å². The van der Waals surface area contributed by atoms with Crippen molar-refractivity contribution in [2.45, 2.75) is 19.8 Å². The van der Waals surface area contributed by atoms with E-state index in [1.54, 1.807) is 0 Å². The molecule has 4 nitrogen and oxygen atoms in total. The predicted molar refractivity (Wildman–Crippen MR) is 85.4 cm³/mol. The molecule has 1 unspecified atom stereocenters. The number of nitrogens with zero attached hydrogens (tertiary/aromatic N) is 1. The van der Waals surface area contributed by atoms with Gasteiger partial charge in [-0.15, -0.1) is 0 Å². The Labute approximate surface area is 134 Å². The molecule has 0 spiro atoms. The Kier molecular flexibility index (Phi) is 6.51. The lowest BCUT2D eigenvalue weighted by atomic mass is 9.98. The number of rotatable bonds is 6. The third kappa shape index (κ3) is 5.32. The van der Waals surface area contributed by atoms with Crippen molar-refractivity contribution in [2.24, 2.45) is 5.92 Å². The smallest absolute Gasteiger partial charge is 0.310 e. The van der Waals surface area contributed by atoms with Gasteiger partial charge in [0, 0.05) is 17.6 Å². The Morgan fingerprint density at radius 3 is 2.86 bits per heavy atom. The number of hydrogen-bond acceptors (Lipinski definition) is 4. The van der Waals surface area contributed by atoms with Crippen LogP contribution in [-0.4, -0.2) is 43.7 Å². The van der Waals surface area contributed by atoms with E-state index in [-0.39, 0.29) is 11.9 Å². The molecule has 2 rings (SSSR count). The molecule has 1 heterocycles. The number of carbonyl (C=O) groups is 1. The highest BCUT2D eigenvalue weighted by Crippen LogP contribution is 2.19. The summed E-state index contributed by atoms with van der Waals surface area (Å²) >= 11 is 3.40. The number of likely N-dealkylation sites (tertiary alicyclic amines) is 1. The molecule has 1 aromatic rings. The molecule has 1 aliphatic heterocycles. The van der Waals surface area contributed by atoms with E-state index in [1.165, 1.54) is 0 Å². The average Bonchev–Trinajstić information content (AvgIpc) is 2.50. The molecular weight excluding hydrogens is 334 g/mol. The quantitative estimate of drug-likeness (QED) is 0.735. The molecule has 0 aliphatic carbocycles. The summed E-state index contributed by atoms with van der Waals surface area (Å²) in [7, 11) is 0. The van der Waals surface area contributed by atoms with Crippen LogP contribution in [0.5, 0.6) is 5.75 Å². The molecule has 0 bridgehead atoms. The van der Waals surface area contributed by atoms with Crippen LogP contribution in [0.1, 0.15) is 19.8 Å². The van der Waals surface area contributed by atoms with Gasteiger partial charge in [-0.05, 0) is 50.6 Å². The van der Waals surface area contributed by atoms with Crippen molar-refractivity contribution in [3.8, 4) is 5.75 Å². The van der Waals surface area contributed by atoms with Crippen LogP contribution < -0.4 is 4.74 Å². The SMILES string of the molecule is CCOC(=O)C1CCCN(CCOc2ccc(Br)cc2)C1. The van der Waals surface area contributed by atoms with E-state index < -0.39 is 0 Å². The van der Waals surface area contributed by atoms with Crippen molar-refractivity contribution < 1.29 is 14.3 Å². The molecule has 1 atom stereocenters. The standard InChI is InChI=1S/C16H22BrNO3/c1-2-20-16(19)13-4-3-9-18(12-13)10-11-21-15-7-5-14(17)6-8-15/h5-8,13H,2-4,9-12H2,1H3. The fourth-order valence-electron chi connectivity index (χ4n) is 2.53. The van der Waals surface area contributed by atoms with Crippen molar-refractivity contribution in [2.75, 3.05) is 32.8 Å². The van der Waals surface area contributed by atoms with Gasteiger partial charge in [-0.2, -0.15) is 0 Å². The first-order valence-electron chi connectivity index (χ1n) is 7.46. The average molecular weight is 356 g/mol. The molecule has 0 N–H and O–H groups in total. The molecule has 0 saturated carbocycles. The molecule has 21 heavy (non-hydrogen) atoms. The maximum absolute atomic E-state index is 11.8. The monoisotopic (exact) mass is 355 g/mol. The maximum Gasteiger partial charge on any atom is 0.310 e. The van der Waals surface area contributed by atoms with E-state index in [2.05, 4.69) is 20.8 Å². The number of piperidine rings is 1. The topological polar surface area (TPSA) is 38.8 Å². The van der Waals surface area contributed by atoms with Crippen LogP contribution in [0.25, 0.3) is 0 Å². The molecule has 1 fully saturated rings. The van der Waals surface area contributed by atoms with E-state index in [4.69, 9.17) is 9.47 Å². The van der Waals surface area contributed by atoms with Crippen LogP contribution in [0.15, 0.2) is 28.7 Å². The fraction of sp³-hybridized carbons (Fsp3) is 0.562. The Bertz CT molecular complexity index is 449. The van der Waals surface area contributed by atoms with Gasteiger partial charge < -0.3 is 9.47 Å². The summed E-state index contributed by atoms with van der Waals surface area (Å²) in [4.78, 5) is 14.1. The highest BCUT2D eigenvalue weighted by atomic mass is 79.9. The highest BCUT2D eigenvalue weighted by Gasteiger charge is 2.26. The zero-order chi connectivity index (χ0) is 15.1. The minimum atomic E-state index is -0.0592. The lowest BCUT2D eigenvalue weighted by molar-refractivity contribution is -0.150. The Morgan fingerprint density at radius 1 is 1.38 bits per heavy atom. The van der Waals surface area contributed by atoms with Crippen LogP contribution in [0.4, 0.5) is 0 Å². The number of carbonyl (C=O) groups excluding carboxylic acids is 1. The molecule has 116 valence electrons. The van der Waals surface area contributed by atoms with E-state index in [1.807, 2.05) is 31.2 Å². The number of ether oxygens (including phenoxy) is 2. The van der Waals surface area contributed by atoms with Crippen molar-refractivity contribution in [3.63, 3.8) is 0 Å². The lowest BCUT2D eigenvalue weighted by Crippen LogP contribution is -2.41. The van der Waals surface area contributed by atoms with E-state index in [0.717, 1.165) is 42.7 Å². The van der Waals surface area contributed by atoms with Gasteiger partial charge in [0.2, 0.25) is 0 Å². The fourth-order valence-corrected chi connectivity index (χ4v) is 2.80. The number of esters is 1. The summed E-state index contributed by atoms with van der Waals surface area (Å²) in [5.41, 5.74) is 0. The van der Waals surface area contributed by atoms with Crippen molar-refractivity contribution >= 4 is 21.9 Å². The zero-order valence-corrected chi connectivity index (χ0v) is 14.0. The second-order valence-electron chi connectivity index (χ2n) is 5.19. The van der Waals surface area contributed by atoms with Crippen LogP contribution in [0, 0.1) is 5.92 Å². The number of benzene rings is 1. The summed E-state index contributed by atoms with van der Waals surface area (Å²) in [6, 6.07) is 7.82. The zero-order valence-electron chi connectivity index (χ0n) is 12.4. The number of hydrogen-bond donors (Lipinski definition) is 0. The van der Waals surface area contributed by atoms with Crippen molar-refractivity contribution in [3.05, 3.63) is 28.7 Å². The van der Waals surface area contributed by atoms with Gasteiger partial charge in [0.25, 0.3) is 0 Å². The summed E-state index contributed by atoms with van der Waals surface area (Å²) in [5.74, 6) is 0.833. The second-order valence-corrected chi connectivity index (χ2v) is 6.11. The summed E-state index contributed by atoms with van der Waals surface area (Å²) in [5, 5.41) is 0. The highest BCUT2D eigenvalue weighted by molar-refractivity contribution is 9.10. The van der Waals surface area contributed by atoms with Crippen molar-refractivity contribution in [1.82, 2.24) is 4.90 Å². The summed E-state index contributed by atoms with van der Waals surface area (Å²) < 4.78 is 11.9. The van der Waals surface area contributed by atoms with Gasteiger partial charge >= 0.3 is 5.97 Å². The molecule has 1 saturated heterocycles. The second kappa shape index (κ2) is 8.39. The van der Waals surface area contributed by atoms with Gasteiger partial charge in [0.1, 0.15) is 12.4 Å². The van der Waals surface area contributed by atoms with Crippen LogP contribution >= 0.6 is 15.9 Å². The third-order valence-corrected chi connectivity index (χ3v) is 4.14. The van der Waals surface area contributed by atoms with E-state index in [0.29, 0.717) is 13.2 Å². The number of halogens is 1. The third-order valence-electron chi connectivity index (χ3n) is 3.62. The lowest BCUT2D eigenvalue weighted by Gasteiger charge is -2.31. The van der Waals surface area contributed by atoms with Crippen LogP contribution in [0.2, 0.25) is 0 Å². The predicted octanol–water partition coefficient (Wildman–Crippen LogP) is 3.10.